The number of methoxy groups -OCH3 is 1. The van der Waals surface area contributed by atoms with E-state index in [0.29, 0.717) is 30.7 Å². The van der Waals surface area contributed by atoms with Crippen LogP contribution in [0.5, 0.6) is 0 Å². The Hall–Kier alpha value is -2.19. The van der Waals surface area contributed by atoms with E-state index in [1.807, 2.05) is 25.3 Å². The van der Waals surface area contributed by atoms with E-state index in [1.54, 1.807) is 19.4 Å². The van der Waals surface area contributed by atoms with Crippen molar-refractivity contribution in [3.8, 4) is 0 Å². The molecule has 1 fully saturated rings. The van der Waals surface area contributed by atoms with Crippen molar-refractivity contribution in [3.05, 3.63) is 23.2 Å². The van der Waals surface area contributed by atoms with Crippen molar-refractivity contribution in [2.24, 2.45) is 0 Å². The Labute approximate surface area is 174 Å². The molecule has 0 atom stereocenters. The van der Waals surface area contributed by atoms with Crippen LogP contribution in [0.3, 0.4) is 0 Å². The van der Waals surface area contributed by atoms with Gasteiger partial charge >= 0.3 is 6.09 Å². The molecule has 3 rings (SSSR count). The van der Waals surface area contributed by atoms with Crippen LogP contribution in [-0.2, 0) is 15.0 Å². The summed E-state index contributed by atoms with van der Waals surface area (Å²) in [7, 11) is 1.70. The molecule has 0 spiro atoms. The number of rotatable bonds is 5. The van der Waals surface area contributed by atoms with Gasteiger partial charge in [0, 0.05) is 25.2 Å². The molecule has 0 aromatic carbocycles. The van der Waals surface area contributed by atoms with Gasteiger partial charge in [0.1, 0.15) is 11.2 Å². The second-order valence-electron chi connectivity index (χ2n) is 8.46. The van der Waals surface area contributed by atoms with Crippen LogP contribution < -0.4 is 5.32 Å². The summed E-state index contributed by atoms with van der Waals surface area (Å²) in [5.74, 6) is 0. The van der Waals surface area contributed by atoms with Crippen molar-refractivity contribution in [2.75, 3.05) is 13.7 Å². The lowest BCUT2D eigenvalue weighted by molar-refractivity contribution is 0.0256. The van der Waals surface area contributed by atoms with Crippen LogP contribution in [0.1, 0.15) is 56.9 Å². The number of fused-ring (bicyclic) bond motifs is 1. The molecule has 2 aromatic heterocycles. The molecule has 2 aromatic rings. The number of carbonyl (C=O) groups is 2. The van der Waals surface area contributed by atoms with Gasteiger partial charge in [-0.15, -0.1) is 0 Å². The molecule has 1 aliphatic rings. The van der Waals surface area contributed by atoms with Crippen LogP contribution in [-0.4, -0.2) is 52.3 Å². The number of halogens is 1. The summed E-state index contributed by atoms with van der Waals surface area (Å²) in [6, 6.07) is 1.75. The van der Waals surface area contributed by atoms with Gasteiger partial charge in [-0.3, -0.25) is 4.79 Å². The highest BCUT2D eigenvalue weighted by Gasteiger charge is 2.40. The van der Waals surface area contributed by atoms with Crippen LogP contribution in [0.25, 0.3) is 11.0 Å². The number of aromatic nitrogens is 3. The van der Waals surface area contributed by atoms with Gasteiger partial charge in [-0.1, -0.05) is 0 Å². The molecule has 0 unspecified atom stereocenters. The summed E-state index contributed by atoms with van der Waals surface area (Å²) in [5.41, 5.74) is -0.103. The second-order valence-corrected chi connectivity index (χ2v) is 8.79. The summed E-state index contributed by atoms with van der Waals surface area (Å²) >= 11 is 6.04. The number of hydrogen-bond acceptors (Lipinski definition) is 6. The standard InChI is InChI=1S/C20H27ClN4O4/c1-19(2,3)29-18(27)23-12-20(7-5-15(28-4)6-8-20)25-14(11-26)9-13-10-22-17(21)24-16(13)25/h9-11,15H,5-8,12H2,1-4H3,(H,23,27)/t15-,20+. The molecule has 1 N–H and O–H groups in total. The molecule has 9 heteroatoms. The number of ether oxygens (including phenoxy) is 2. The fourth-order valence-electron chi connectivity index (χ4n) is 3.97. The van der Waals surface area contributed by atoms with E-state index in [9.17, 15) is 9.59 Å². The lowest BCUT2D eigenvalue weighted by Crippen LogP contribution is -2.49. The number of hydrogen-bond donors (Lipinski definition) is 1. The van der Waals surface area contributed by atoms with Crippen LogP contribution in [0.4, 0.5) is 4.79 Å². The molecule has 158 valence electrons. The first kappa shape index (κ1) is 21.5. The van der Waals surface area contributed by atoms with E-state index < -0.39 is 17.2 Å². The average Bonchev–Trinajstić information content (AvgIpc) is 3.04. The van der Waals surface area contributed by atoms with E-state index in [2.05, 4.69) is 15.3 Å². The molecule has 0 aliphatic heterocycles. The van der Waals surface area contributed by atoms with Crippen LogP contribution in [0.15, 0.2) is 12.3 Å². The van der Waals surface area contributed by atoms with Gasteiger partial charge in [0.05, 0.1) is 17.3 Å². The maximum absolute atomic E-state index is 12.3. The topological polar surface area (TPSA) is 95.3 Å². The van der Waals surface area contributed by atoms with Crippen molar-refractivity contribution in [1.29, 1.82) is 0 Å². The van der Waals surface area contributed by atoms with Crippen molar-refractivity contribution >= 4 is 35.0 Å². The lowest BCUT2D eigenvalue weighted by atomic mass is 9.79. The maximum atomic E-state index is 12.3. The van der Waals surface area contributed by atoms with Gasteiger partial charge in [0.25, 0.3) is 0 Å². The first-order valence-corrected chi connectivity index (χ1v) is 10.0. The summed E-state index contributed by atoms with van der Waals surface area (Å²) in [5, 5.41) is 3.72. The third-order valence-electron chi connectivity index (χ3n) is 5.29. The molecule has 8 nitrogen and oxygen atoms in total. The highest BCUT2D eigenvalue weighted by Crippen LogP contribution is 2.39. The van der Waals surface area contributed by atoms with Gasteiger partial charge in [0.15, 0.2) is 6.29 Å². The monoisotopic (exact) mass is 422 g/mol. The lowest BCUT2D eigenvalue weighted by Gasteiger charge is -2.42. The molecular weight excluding hydrogens is 396 g/mol. The predicted octanol–water partition coefficient (Wildman–Crippen LogP) is 3.71. The Morgan fingerprint density at radius 3 is 2.69 bits per heavy atom. The van der Waals surface area contributed by atoms with Gasteiger partial charge in [0.2, 0.25) is 5.28 Å². The zero-order chi connectivity index (χ0) is 21.2. The Balaban J connectivity index is 2.00. The van der Waals surface area contributed by atoms with Crippen molar-refractivity contribution in [1.82, 2.24) is 19.9 Å². The Morgan fingerprint density at radius 2 is 2.10 bits per heavy atom. The average molecular weight is 423 g/mol. The van der Waals surface area contributed by atoms with Gasteiger partial charge < -0.3 is 19.4 Å². The third kappa shape index (κ3) is 4.70. The predicted molar refractivity (Wildman–Crippen MR) is 109 cm³/mol. The SMILES string of the molecule is CO[C@H]1CC[C@@](CNC(=O)OC(C)(C)C)(n2c(C=O)cc3cnc(Cl)nc32)CC1. The van der Waals surface area contributed by atoms with Crippen molar-refractivity contribution < 1.29 is 19.1 Å². The number of alkyl carbamates (subject to hydrolysis) is 1. The summed E-state index contributed by atoms with van der Waals surface area (Å²) in [6.07, 6.45) is 5.04. The van der Waals surface area contributed by atoms with E-state index in [4.69, 9.17) is 21.1 Å². The number of amides is 1. The molecule has 29 heavy (non-hydrogen) atoms. The van der Waals surface area contributed by atoms with E-state index in [0.717, 1.165) is 24.5 Å². The van der Waals surface area contributed by atoms with E-state index >= 15 is 0 Å². The summed E-state index contributed by atoms with van der Waals surface area (Å²) in [6.45, 7) is 5.74. The van der Waals surface area contributed by atoms with Gasteiger partial charge in [-0.2, -0.15) is 4.98 Å². The summed E-state index contributed by atoms with van der Waals surface area (Å²) in [4.78, 5) is 32.6. The quantitative estimate of drug-likeness (QED) is 0.583. The Morgan fingerprint density at radius 1 is 1.41 bits per heavy atom. The largest absolute Gasteiger partial charge is 0.444 e. The van der Waals surface area contributed by atoms with Crippen LogP contribution in [0, 0.1) is 0 Å². The van der Waals surface area contributed by atoms with Gasteiger partial charge in [-0.05, 0) is 64.1 Å². The van der Waals surface area contributed by atoms with Crippen LogP contribution >= 0.6 is 11.6 Å². The highest BCUT2D eigenvalue weighted by atomic mass is 35.5. The number of aldehydes is 1. The minimum atomic E-state index is -0.597. The molecule has 1 amide bonds. The van der Waals surface area contributed by atoms with Gasteiger partial charge in [-0.25, -0.2) is 9.78 Å². The van der Waals surface area contributed by atoms with Crippen molar-refractivity contribution in [3.63, 3.8) is 0 Å². The maximum Gasteiger partial charge on any atom is 0.407 e. The third-order valence-corrected chi connectivity index (χ3v) is 5.47. The second kappa shape index (κ2) is 8.28. The number of nitrogens with one attached hydrogen (secondary N) is 1. The first-order valence-electron chi connectivity index (χ1n) is 9.67. The smallest absolute Gasteiger partial charge is 0.407 e. The molecule has 0 saturated heterocycles. The van der Waals surface area contributed by atoms with Crippen LogP contribution in [0.2, 0.25) is 5.28 Å². The molecule has 0 bridgehead atoms. The molecule has 1 aliphatic carbocycles. The Bertz CT molecular complexity index is 898. The minimum Gasteiger partial charge on any atom is -0.444 e. The zero-order valence-corrected chi connectivity index (χ0v) is 18.0. The van der Waals surface area contributed by atoms with E-state index in [-0.39, 0.29) is 11.4 Å². The first-order chi connectivity index (χ1) is 13.7. The fourth-order valence-corrected chi connectivity index (χ4v) is 4.10. The zero-order valence-electron chi connectivity index (χ0n) is 17.2. The molecule has 1 saturated carbocycles. The van der Waals surface area contributed by atoms with E-state index in [1.165, 1.54) is 0 Å². The molecule has 0 radical (unpaired) electrons. The number of nitrogens with zero attached hydrogens (tertiary/aromatic N) is 3. The van der Waals surface area contributed by atoms with Crippen molar-refractivity contribution in [2.45, 2.75) is 63.7 Å². The summed E-state index contributed by atoms with van der Waals surface area (Å²) < 4.78 is 12.8. The molecular formula is C20H27ClN4O4. The highest BCUT2D eigenvalue weighted by molar-refractivity contribution is 6.28. The number of carbonyl (C=O) groups excluding carboxylic acids is 2. The Kier molecular flexibility index (Phi) is 6.14. The minimum absolute atomic E-state index is 0.107. The normalized spacial score (nSPS) is 22.4. The molecule has 2 heterocycles. The fraction of sp³-hybridized carbons (Fsp3) is 0.600.